The van der Waals surface area contributed by atoms with Gasteiger partial charge in [-0.3, -0.25) is 9.59 Å². The van der Waals surface area contributed by atoms with Gasteiger partial charge in [0.15, 0.2) is 0 Å². The summed E-state index contributed by atoms with van der Waals surface area (Å²) in [4.78, 5) is 36.9. The molecule has 1 aromatic carbocycles. The number of carbonyl (C=O) groups is 2. The average Bonchev–Trinajstić information content (AvgIpc) is 2.40. The predicted molar refractivity (Wildman–Crippen MR) is 65.0 cm³/mol. The van der Waals surface area contributed by atoms with Crippen molar-refractivity contribution in [3.63, 3.8) is 0 Å². The van der Waals surface area contributed by atoms with E-state index in [1.807, 2.05) is 0 Å². The monoisotopic (exact) mass is 262 g/mol. The second-order valence-electron chi connectivity index (χ2n) is 3.68. The van der Waals surface area contributed by atoms with Crippen LogP contribution in [0.5, 0.6) is 0 Å². The molecule has 7 nitrogen and oxygen atoms in total. The molecule has 0 bridgehead atoms. The van der Waals surface area contributed by atoms with E-state index in [0.29, 0.717) is 11.0 Å². The van der Waals surface area contributed by atoms with Crippen LogP contribution >= 0.6 is 0 Å². The molecule has 0 spiro atoms. The van der Waals surface area contributed by atoms with Crippen molar-refractivity contribution in [2.45, 2.75) is 6.54 Å². The molecule has 0 saturated carbocycles. The fourth-order valence-electron chi connectivity index (χ4n) is 1.75. The zero-order valence-electron chi connectivity index (χ0n) is 9.78. The van der Waals surface area contributed by atoms with Gasteiger partial charge in [-0.05, 0) is 12.1 Å². The van der Waals surface area contributed by atoms with E-state index in [0.717, 1.165) is 0 Å². The number of rotatable bonds is 5. The minimum atomic E-state index is -1.39. The van der Waals surface area contributed by atoms with Crippen LogP contribution in [-0.2, 0) is 16.1 Å². The Bertz CT molecular complexity index is 692. The van der Waals surface area contributed by atoms with Gasteiger partial charge in [-0.2, -0.15) is 0 Å². The summed E-state index contributed by atoms with van der Waals surface area (Å²) in [6, 6.07) is 6.66. The van der Waals surface area contributed by atoms with Crippen LogP contribution in [-0.4, -0.2) is 33.7 Å². The fourth-order valence-corrected chi connectivity index (χ4v) is 1.75. The maximum absolute atomic E-state index is 12.0. The predicted octanol–water partition coefficient (Wildman–Crippen LogP) is 0.268. The number of carbonyl (C=O) groups excluding carboxylic acids is 1. The molecule has 0 radical (unpaired) electrons. The Morgan fingerprint density at radius 2 is 2.16 bits per heavy atom. The van der Waals surface area contributed by atoms with Crippen LogP contribution in [0.2, 0.25) is 0 Å². The first-order valence-corrected chi connectivity index (χ1v) is 5.43. The molecule has 0 aliphatic rings. The van der Waals surface area contributed by atoms with Gasteiger partial charge < -0.3 is 14.4 Å². The number of aromatic carboxylic acids is 1. The maximum Gasteiger partial charge on any atom is 0.360 e. The average molecular weight is 262 g/mol. The first-order valence-electron chi connectivity index (χ1n) is 5.43. The number of para-hydroxylation sites is 2. The van der Waals surface area contributed by atoms with Crippen molar-refractivity contribution in [2.24, 2.45) is 0 Å². The molecule has 0 fully saturated rings. The number of benzene rings is 1. The van der Waals surface area contributed by atoms with Gasteiger partial charge in [0.25, 0.3) is 12.0 Å². The molecule has 98 valence electrons. The van der Waals surface area contributed by atoms with Crippen molar-refractivity contribution in [3.8, 4) is 0 Å². The van der Waals surface area contributed by atoms with E-state index in [1.54, 1.807) is 24.3 Å². The highest BCUT2D eigenvalue weighted by atomic mass is 16.5. The number of carboxylic acid groups (broad SMARTS) is 1. The summed E-state index contributed by atoms with van der Waals surface area (Å²) in [6.07, 6.45) is 0. The highest BCUT2D eigenvalue weighted by molar-refractivity contribution is 5.88. The van der Waals surface area contributed by atoms with Gasteiger partial charge in [-0.15, -0.1) is 0 Å². The Morgan fingerprint density at radius 3 is 2.84 bits per heavy atom. The number of aromatic nitrogens is 2. The smallest absolute Gasteiger partial charge is 0.360 e. The van der Waals surface area contributed by atoms with Crippen LogP contribution in [0, 0.1) is 0 Å². The molecule has 0 aliphatic carbocycles. The summed E-state index contributed by atoms with van der Waals surface area (Å²) >= 11 is 0. The van der Waals surface area contributed by atoms with E-state index in [2.05, 4.69) is 9.72 Å². The van der Waals surface area contributed by atoms with E-state index < -0.39 is 17.2 Å². The second kappa shape index (κ2) is 5.30. The van der Waals surface area contributed by atoms with Gasteiger partial charge in [0.2, 0.25) is 5.69 Å². The Balaban J connectivity index is 2.62. The lowest BCUT2D eigenvalue weighted by atomic mass is 10.2. The molecule has 0 atom stereocenters. The minimum Gasteiger partial charge on any atom is -0.476 e. The Hall–Kier alpha value is -2.70. The SMILES string of the molecule is O=COCCn1c(=O)c(C(=O)O)nc2ccccc21. The van der Waals surface area contributed by atoms with Gasteiger partial charge in [0, 0.05) is 0 Å². The van der Waals surface area contributed by atoms with E-state index in [1.165, 1.54) is 4.57 Å². The van der Waals surface area contributed by atoms with Crippen molar-refractivity contribution >= 4 is 23.5 Å². The quantitative estimate of drug-likeness (QED) is 0.613. The molecule has 0 amide bonds. The lowest BCUT2D eigenvalue weighted by molar-refractivity contribution is -0.128. The Labute approximate surface area is 107 Å². The minimum absolute atomic E-state index is 0.0174. The topological polar surface area (TPSA) is 98.5 Å². The van der Waals surface area contributed by atoms with Crippen LogP contribution in [0.25, 0.3) is 11.0 Å². The fraction of sp³-hybridized carbons (Fsp3) is 0.167. The number of ether oxygens (including phenoxy) is 1. The number of carboxylic acids is 1. The number of fused-ring (bicyclic) bond motifs is 1. The molecule has 7 heteroatoms. The zero-order chi connectivity index (χ0) is 13.8. The van der Waals surface area contributed by atoms with E-state index in [4.69, 9.17) is 5.11 Å². The standard InChI is InChI=1S/C12H10N2O5/c15-7-19-6-5-14-9-4-2-1-3-8(9)13-10(11(14)16)12(17)18/h1-4,7H,5-6H2,(H,17,18). The Morgan fingerprint density at radius 1 is 1.42 bits per heavy atom. The van der Waals surface area contributed by atoms with Gasteiger partial charge in [0.1, 0.15) is 6.61 Å². The van der Waals surface area contributed by atoms with Crippen molar-refractivity contribution in [3.05, 3.63) is 40.3 Å². The lowest BCUT2D eigenvalue weighted by Crippen LogP contribution is -2.29. The molecule has 1 N–H and O–H groups in total. The third kappa shape index (κ3) is 2.44. The molecule has 1 aromatic heterocycles. The normalized spacial score (nSPS) is 10.3. The van der Waals surface area contributed by atoms with Crippen molar-refractivity contribution in [1.82, 2.24) is 9.55 Å². The molecule has 2 aromatic rings. The largest absolute Gasteiger partial charge is 0.476 e. The van der Waals surface area contributed by atoms with Crippen molar-refractivity contribution < 1.29 is 19.4 Å². The van der Waals surface area contributed by atoms with Crippen molar-refractivity contribution in [1.29, 1.82) is 0 Å². The van der Waals surface area contributed by atoms with Crippen molar-refractivity contribution in [2.75, 3.05) is 6.61 Å². The lowest BCUT2D eigenvalue weighted by Gasteiger charge is -2.10. The van der Waals surface area contributed by atoms with E-state index >= 15 is 0 Å². The third-order valence-corrected chi connectivity index (χ3v) is 2.56. The molecular formula is C12H10N2O5. The first-order chi connectivity index (χ1) is 9.15. The van der Waals surface area contributed by atoms with Gasteiger partial charge >= 0.3 is 5.97 Å². The molecule has 0 unspecified atom stereocenters. The van der Waals surface area contributed by atoms with Gasteiger partial charge in [-0.25, -0.2) is 9.78 Å². The number of hydrogen-bond acceptors (Lipinski definition) is 5. The molecular weight excluding hydrogens is 252 g/mol. The molecule has 2 rings (SSSR count). The summed E-state index contributed by atoms with van der Waals surface area (Å²) in [6.45, 7) is 0.323. The van der Waals surface area contributed by atoms with E-state index in [9.17, 15) is 14.4 Å². The maximum atomic E-state index is 12.0. The number of nitrogens with zero attached hydrogens (tertiary/aromatic N) is 2. The summed E-state index contributed by atoms with van der Waals surface area (Å²) in [7, 11) is 0. The molecule has 1 heterocycles. The van der Waals surface area contributed by atoms with Crippen LogP contribution in [0.1, 0.15) is 10.5 Å². The van der Waals surface area contributed by atoms with Gasteiger partial charge in [-0.1, -0.05) is 12.1 Å². The molecule has 0 aliphatic heterocycles. The number of hydrogen-bond donors (Lipinski definition) is 1. The third-order valence-electron chi connectivity index (χ3n) is 2.56. The van der Waals surface area contributed by atoms with Crippen LogP contribution in [0.15, 0.2) is 29.1 Å². The van der Waals surface area contributed by atoms with E-state index in [-0.39, 0.29) is 19.6 Å². The van der Waals surface area contributed by atoms with Crippen LogP contribution in [0.3, 0.4) is 0 Å². The summed E-state index contributed by atoms with van der Waals surface area (Å²) in [5.41, 5.74) is -0.386. The summed E-state index contributed by atoms with van der Waals surface area (Å²) in [5.74, 6) is -1.39. The van der Waals surface area contributed by atoms with Crippen LogP contribution < -0.4 is 5.56 Å². The second-order valence-corrected chi connectivity index (χ2v) is 3.68. The first kappa shape index (κ1) is 12.7. The summed E-state index contributed by atoms with van der Waals surface area (Å²) in [5, 5.41) is 8.96. The van der Waals surface area contributed by atoms with Gasteiger partial charge in [0.05, 0.1) is 17.6 Å². The molecule has 19 heavy (non-hydrogen) atoms. The highest BCUT2D eigenvalue weighted by Gasteiger charge is 2.16. The highest BCUT2D eigenvalue weighted by Crippen LogP contribution is 2.09. The molecule has 0 saturated heterocycles. The summed E-state index contributed by atoms with van der Waals surface area (Å²) < 4.78 is 5.77. The Kier molecular flexibility index (Phi) is 3.56. The van der Waals surface area contributed by atoms with Crippen LogP contribution in [0.4, 0.5) is 0 Å². The zero-order valence-corrected chi connectivity index (χ0v) is 9.78.